The van der Waals surface area contributed by atoms with E-state index in [1.807, 2.05) is 20.8 Å². The van der Waals surface area contributed by atoms with E-state index in [0.29, 0.717) is 0 Å². The highest BCUT2D eigenvalue weighted by atomic mass is 32.2. The molecule has 0 aliphatic carbocycles. The number of rotatable bonds is 6. The second kappa shape index (κ2) is 7.04. The molecule has 0 spiro atoms. The first kappa shape index (κ1) is 19.7. The molecule has 1 amide bonds. The van der Waals surface area contributed by atoms with Gasteiger partial charge < -0.3 is 5.32 Å². The predicted octanol–water partition coefficient (Wildman–Crippen LogP) is 3.49. The average molecular weight is 340 g/mol. The lowest BCUT2D eigenvalue weighted by Crippen LogP contribution is -2.46. The molecule has 1 aromatic rings. The summed E-state index contributed by atoms with van der Waals surface area (Å²) in [5.74, 6) is -0.400. The van der Waals surface area contributed by atoms with Crippen molar-refractivity contribution in [2.75, 3.05) is 5.75 Å². The van der Waals surface area contributed by atoms with Gasteiger partial charge in [-0.1, -0.05) is 38.5 Å². The molecule has 4 nitrogen and oxygen atoms in total. The zero-order valence-electron chi connectivity index (χ0n) is 15.1. The minimum absolute atomic E-state index is 0.0240. The number of amides is 1. The lowest BCUT2D eigenvalue weighted by atomic mass is 9.82. The maximum absolute atomic E-state index is 12.3. The Morgan fingerprint density at radius 1 is 1.04 bits per heavy atom. The Balaban J connectivity index is 2.63. The Kier molecular flexibility index (Phi) is 6.02. The molecule has 130 valence electrons. The molecule has 0 fully saturated rings. The molecule has 0 aliphatic heterocycles. The molecule has 0 aromatic heterocycles. The zero-order chi connectivity index (χ0) is 17.9. The number of aryl methyl sites for hydroxylation is 1. The van der Waals surface area contributed by atoms with Crippen molar-refractivity contribution in [2.24, 2.45) is 5.41 Å². The lowest BCUT2D eigenvalue weighted by molar-refractivity contribution is -0.122. The maximum atomic E-state index is 12.3. The highest BCUT2D eigenvalue weighted by Gasteiger charge is 2.27. The predicted molar refractivity (Wildman–Crippen MR) is 94.1 cm³/mol. The van der Waals surface area contributed by atoms with Gasteiger partial charge >= 0.3 is 0 Å². The molecule has 0 saturated carbocycles. The van der Waals surface area contributed by atoms with Crippen LogP contribution in [-0.4, -0.2) is 25.6 Å². The van der Waals surface area contributed by atoms with Crippen LogP contribution in [0.4, 0.5) is 0 Å². The second-order valence-corrected chi connectivity index (χ2v) is 10.2. The Morgan fingerprint density at radius 2 is 1.57 bits per heavy atom. The molecule has 0 bridgehead atoms. The van der Waals surface area contributed by atoms with E-state index in [1.165, 1.54) is 0 Å². The number of hydrogen-bond donors (Lipinski definition) is 1. The number of nitrogens with one attached hydrogen (secondary N) is 1. The summed E-state index contributed by atoms with van der Waals surface area (Å²) in [4.78, 5) is 12.4. The van der Waals surface area contributed by atoms with Crippen LogP contribution in [0.5, 0.6) is 0 Å². The van der Waals surface area contributed by atoms with Crippen LogP contribution >= 0.6 is 0 Å². The van der Waals surface area contributed by atoms with Gasteiger partial charge in [0.05, 0.1) is 10.6 Å². The van der Waals surface area contributed by atoms with Crippen LogP contribution < -0.4 is 5.32 Å². The van der Waals surface area contributed by atoms with Gasteiger partial charge in [0.25, 0.3) is 0 Å². The Bertz CT molecular complexity index is 638. The first-order chi connectivity index (χ1) is 10.3. The van der Waals surface area contributed by atoms with Gasteiger partial charge in [0, 0.05) is 12.0 Å². The smallest absolute Gasteiger partial charge is 0.221 e. The van der Waals surface area contributed by atoms with E-state index in [-0.39, 0.29) is 33.9 Å². The van der Waals surface area contributed by atoms with Gasteiger partial charge in [-0.05, 0) is 44.7 Å². The van der Waals surface area contributed by atoms with Crippen LogP contribution in [0.2, 0.25) is 0 Å². The van der Waals surface area contributed by atoms with Gasteiger partial charge in [-0.25, -0.2) is 8.42 Å². The molecular weight excluding hydrogens is 310 g/mol. The van der Waals surface area contributed by atoms with Crippen LogP contribution in [0.3, 0.4) is 0 Å². The first-order valence-electron chi connectivity index (χ1n) is 7.91. The number of sulfone groups is 1. The van der Waals surface area contributed by atoms with Crippen molar-refractivity contribution >= 4 is 15.7 Å². The Labute approximate surface area is 140 Å². The molecule has 0 radical (unpaired) electrons. The van der Waals surface area contributed by atoms with Crippen molar-refractivity contribution in [3.8, 4) is 0 Å². The third kappa shape index (κ3) is 7.16. The van der Waals surface area contributed by atoms with E-state index in [2.05, 4.69) is 26.1 Å². The topological polar surface area (TPSA) is 63.2 Å². The van der Waals surface area contributed by atoms with Crippen LogP contribution in [0, 0.1) is 12.3 Å². The van der Waals surface area contributed by atoms with Crippen LogP contribution in [-0.2, 0) is 14.6 Å². The van der Waals surface area contributed by atoms with Gasteiger partial charge in [-0.15, -0.1) is 0 Å². The van der Waals surface area contributed by atoms with Crippen molar-refractivity contribution in [1.29, 1.82) is 0 Å². The number of benzene rings is 1. The SMILES string of the molecule is Cc1ccc(S(=O)(=O)CCC(=O)NC(C)(C)CC(C)(C)C)cc1. The third-order valence-corrected chi connectivity index (χ3v) is 5.16. The molecule has 1 N–H and O–H groups in total. The number of carbonyl (C=O) groups is 1. The highest BCUT2D eigenvalue weighted by Crippen LogP contribution is 2.26. The summed E-state index contributed by atoms with van der Waals surface area (Å²) in [7, 11) is -3.42. The molecule has 5 heteroatoms. The summed E-state index contributed by atoms with van der Waals surface area (Å²) < 4.78 is 24.5. The molecule has 23 heavy (non-hydrogen) atoms. The summed E-state index contributed by atoms with van der Waals surface area (Å²) in [6.45, 7) is 12.2. The van der Waals surface area contributed by atoms with E-state index in [1.54, 1.807) is 24.3 Å². The fourth-order valence-corrected chi connectivity index (χ4v) is 4.14. The number of hydrogen-bond acceptors (Lipinski definition) is 3. The van der Waals surface area contributed by atoms with Gasteiger partial charge in [0.2, 0.25) is 5.91 Å². The van der Waals surface area contributed by atoms with E-state index < -0.39 is 9.84 Å². The van der Waals surface area contributed by atoms with Gasteiger partial charge in [-0.2, -0.15) is 0 Å². The quantitative estimate of drug-likeness (QED) is 0.863. The monoisotopic (exact) mass is 339 g/mol. The van der Waals surface area contributed by atoms with E-state index >= 15 is 0 Å². The molecular formula is C18H29NO3S. The molecule has 1 rings (SSSR count). The minimum Gasteiger partial charge on any atom is -0.351 e. The Morgan fingerprint density at radius 3 is 2.04 bits per heavy atom. The minimum atomic E-state index is -3.42. The fraction of sp³-hybridized carbons (Fsp3) is 0.611. The first-order valence-corrected chi connectivity index (χ1v) is 9.56. The number of carbonyl (C=O) groups excluding carboxylic acids is 1. The summed E-state index contributed by atoms with van der Waals surface area (Å²) in [5, 5.41) is 2.94. The Hall–Kier alpha value is -1.36. The van der Waals surface area contributed by atoms with Crippen LogP contribution in [0.15, 0.2) is 29.2 Å². The van der Waals surface area contributed by atoms with Gasteiger partial charge in [0.1, 0.15) is 0 Å². The van der Waals surface area contributed by atoms with Crippen LogP contribution in [0.25, 0.3) is 0 Å². The summed E-state index contributed by atoms with van der Waals surface area (Å²) in [6, 6.07) is 6.71. The molecule has 0 aliphatic rings. The standard InChI is InChI=1S/C18H29NO3S/c1-14-7-9-15(10-8-14)23(21,22)12-11-16(20)19-18(5,6)13-17(2,3)4/h7-10H,11-13H2,1-6H3,(H,19,20). The van der Waals surface area contributed by atoms with Crippen molar-refractivity contribution in [3.63, 3.8) is 0 Å². The molecule has 0 atom stereocenters. The maximum Gasteiger partial charge on any atom is 0.221 e. The molecule has 1 aromatic carbocycles. The van der Waals surface area contributed by atoms with Crippen molar-refractivity contribution < 1.29 is 13.2 Å². The third-order valence-electron chi connectivity index (χ3n) is 3.43. The fourth-order valence-electron chi connectivity index (χ4n) is 2.90. The summed E-state index contributed by atoms with van der Waals surface area (Å²) in [5.41, 5.74) is 0.735. The lowest BCUT2D eigenvalue weighted by Gasteiger charge is -2.33. The van der Waals surface area contributed by atoms with E-state index in [4.69, 9.17) is 0 Å². The largest absolute Gasteiger partial charge is 0.351 e. The normalized spacial score (nSPS) is 13.0. The van der Waals surface area contributed by atoms with Crippen molar-refractivity contribution in [3.05, 3.63) is 29.8 Å². The highest BCUT2D eigenvalue weighted by molar-refractivity contribution is 7.91. The van der Waals surface area contributed by atoms with Gasteiger partial charge in [0.15, 0.2) is 9.84 Å². The summed E-state index contributed by atoms with van der Waals surface area (Å²) >= 11 is 0. The molecule has 0 unspecified atom stereocenters. The zero-order valence-corrected chi connectivity index (χ0v) is 15.9. The molecule has 0 heterocycles. The molecule has 0 saturated heterocycles. The van der Waals surface area contributed by atoms with Crippen molar-refractivity contribution in [1.82, 2.24) is 5.32 Å². The van der Waals surface area contributed by atoms with E-state index in [0.717, 1.165) is 12.0 Å². The van der Waals surface area contributed by atoms with Gasteiger partial charge in [-0.3, -0.25) is 4.79 Å². The van der Waals surface area contributed by atoms with E-state index in [9.17, 15) is 13.2 Å². The average Bonchev–Trinajstić information content (AvgIpc) is 2.33. The second-order valence-electron chi connectivity index (χ2n) is 8.05. The van der Waals surface area contributed by atoms with Crippen LogP contribution in [0.1, 0.15) is 53.0 Å². The summed E-state index contributed by atoms with van der Waals surface area (Å²) in [6.07, 6.45) is 0.792. The van der Waals surface area contributed by atoms with Crippen molar-refractivity contribution in [2.45, 2.75) is 64.8 Å².